The number of amides is 1. The van der Waals surface area contributed by atoms with Gasteiger partial charge in [-0.15, -0.1) is 0 Å². The number of carbonyl (C=O) groups excluding carboxylic acids is 1. The lowest BCUT2D eigenvalue weighted by molar-refractivity contribution is -0.384. The number of para-hydroxylation sites is 1. The highest BCUT2D eigenvalue weighted by molar-refractivity contribution is 6.05. The third-order valence-electron chi connectivity index (χ3n) is 3.52. The third-order valence-corrected chi connectivity index (χ3v) is 3.52. The largest absolute Gasteiger partial charge is 0.377 e. The van der Waals surface area contributed by atoms with Crippen LogP contribution >= 0.6 is 0 Å². The number of hydrogen-bond acceptors (Lipinski definition) is 4. The molecule has 0 aromatic heterocycles. The predicted octanol–water partition coefficient (Wildman–Crippen LogP) is 3.56. The molecule has 0 heterocycles. The van der Waals surface area contributed by atoms with Crippen LogP contribution in [-0.4, -0.2) is 16.9 Å². The highest BCUT2D eigenvalue weighted by Crippen LogP contribution is 2.31. The van der Waals surface area contributed by atoms with E-state index in [1.165, 1.54) is 36.4 Å². The molecule has 118 valence electrons. The molecule has 0 aliphatic heterocycles. The maximum absolute atomic E-state index is 13.6. The van der Waals surface area contributed by atoms with E-state index in [4.69, 9.17) is 0 Å². The molecule has 7 heteroatoms. The Morgan fingerprint density at radius 3 is 2.57 bits per heavy atom. The van der Waals surface area contributed by atoms with E-state index in [9.17, 15) is 19.3 Å². The number of halogens is 1. The van der Waals surface area contributed by atoms with Gasteiger partial charge < -0.3 is 10.6 Å². The molecule has 23 heavy (non-hydrogen) atoms. The predicted molar refractivity (Wildman–Crippen MR) is 84.1 cm³/mol. The lowest BCUT2D eigenvalue weighted by atomic mass is 10.1. The summed E-state index contributed by atoms with van der Waals surface area (Å²) in [5, 5.41) is 16.7. The molecule has 3 rings (SSSR count). The molecule has 0 saturated heterocycles. The van der Waals surface area contributed by atoms with Crippen LogP contribution in [-0.2, 0) is 0 Å². The van der Waals surface area contributed by atoms with Crippen molar-refractivity contribution in [2.75, 3.05) is 10.6 Å². The molecule has 0 atom stereocenters. The van der Waals surface area contributed by atoms with Gasteiger partial charge in [-0.25, -0.2) is 4.39 Å². The van der Waals surface area contributed by atoms with E-state index < -0.39 is 16.6 Å². The summed E-state index contributed by atoms with van der Waals surface area (Å²) in [6.45, 7) is 0. The zero-order chi connectivity index (χ0) is 16.4. The maximum Gasteiger partial charge on any atom is 0.293 e. The van der Waals surface area contributed by atoms with E-state index >= 15 is 0 Å². The Balaban J connectivity index is 1.84. The average Bonchev–Trinajstić information content (AvgIpc) is 3.33. The van der Waals surface area contributed by atoms with Gasteiger partial charge in [-0.2, -0.15) is 0 Å². The normalized spacial score (nSPS) is 13.4. The van der Waals surface area contributed by atoms with Crippen LogP contribution in [0.1, 0.15) is 23.2 Å². The number of nitro benzene ring substituents is 1. The second kappa shape index (κ2) is 6.04. The van der Waals surface area contributed by atoms with E-state index in [1.54, 1.807) is 6.07 Å². The van der Waals surface area contributed by atoms with Crippen LogP contribution in [0.15, 0.2) is 42.5 Å². The minimum absolute atomic E-state index is 0.0281. The monoisotopic (exact) mass is 315 g/mol. The standard InChI is InChI=1S/C16H14FN3O3/c17-12-3-1-2-4-13(12)19-16(21)10-5-8-14(18-11-6-7-11)15(9-10)20(22)23/h1-5,8-9,11,18H,6-7H2,(H,19,21). The van der Waals surface area contributed by atoms with Crippen molar-refractivity contribution < 1.29 is 14.1 Å². The molecule has 2 aromatic rings. The average molecular weight is 315 g/mol. The van der Waals surface area contributed by atoms with Gasteiger partial charge in [0.25, 0.3) is 11.6 Å². The van der Waals surface area contributed by atoms with Crippen LogP contribution in [0, 0.1) is 15.9 Å². The Morgan fingerprint density at radius 1 is 1.17 bits per heavy atom. The molecule has 1 aliphatic rings. The lowest BCUT2D eigenvalue weighted by Crippen LogP contribution is -2.14. The van der Waals surface area contributed by atoms with Crippen molar-refractivity contribution in [3.05, 3.63) is 64.0 Å². The summed E-state index contributed by atoms with van der Waals surface area (Å²) in [5.41, 5.74) is 0.347. The summed E-state index contributed by atoms with van der Waals surface area (Å²) in [6, 6.07) is 10.2. The summed E-state index contributed by atoms with van der Waals surface area (Å²) in [5.74, 6) is -1.17. The van der Waals surface area contributed by atoms with Crippen molar-refractivity contribution in [2.24, 2.45) is 0 Å². The summed E-state index contributed by atoms with van der Waals surface area (Å²) in [7, 11) is 0. The Hall–Kier alpha value is -2.96. The Kier molecular flexibility index (Phi) is 3.92. The number of hydrogen-bond donors (Lipinski definition) is 2. The smallest absolute Gasteiger partial charge is 0.293 e. The van der Waals surface area contributed by atoms with Gasteiger partial charge in [0, 0.05) is 17.7 Å². The van der Waals surface area contributed by atoms with Crippen LogP contribution in [0.2, 0.25) is 0 Å². The second-order valence-electron chi connectivity index (χ2n) is 5.34. The first-order chi connectivity index (χ1) is 11.0. The first kappa shape index (κ1) is 15.0. The Bertz CT molecular complexity index is 775. The summed E-state index contributed by atoms with van der Waals surface area (Å²) < 4.78 is 13.6. The topological polar surface area (TPSA) is 84.3 Å². The summed E-state index contributed by atoms with van der Waals surface area (Å²) in [4.78, 5) is 22.8. The number of nitrogens with one attached hydrogen (secondary N) is 2. The molecule has 2 N–H and O–H groups in total. The van der Waals surface area contributed by atoms with Crippen molar-refractivity contribution in [3.8, 4) is 0 Å². The molecule has 6 nitrogen and oxygen atoms in total. The van der Waals surface area contributed by atoms with E-state index in [0.717, 1.165) is 12.8 Å². The first-order valence-electron chi connectivity index (χ1n) is 7.15. The van der Waals surface area contributed by atoms with Gasteiger partial charge in [-0.05, 0) is 37.1 Å². The molecular formula is C16H14FN3O3. The van der Waals surface area contributed by atoms with E-state index in [-0.39, 0.29) is 23.0 Å². The minimum atomic E-state index is -0.601. The minimum Gasteiger partial charge on any atom is -0.377 e. The molecule has 1 amide bonds. The quantitative estimate of drug-likeness (QED) is 0.652. The van der Waals surface area contributed by atoms with Crippen LogP contribution < -0.4 is 10.6 Å². The third kappa shape index (κ3) is 3.45. The van der Waals surface area contributed by atoms with E-state index in [0.29, 0.717) is 5.69 Å². The molecular weight excluding hydrogens is 301 g/mol. The molecule has 0 unspecified atom stereocenters. The van der Waals surface area contributed by atoms with Gasteiger partial charge >= 0.3 is 0 Å². The van der Waals surface area contributed by atoms with E-state index in [1.807, 2.05) is 0 Å². The van der Waals surface area contributed by atoms with Crippen molar-refractivity contribution in [1.82, 2.24) is 0 Å². The Morgan fingerprint density at radius 2 is 1.91 bits per heavy atom. The summed E-state index contributed by atoms with van der Waals surface area (Å²) in [6.07, 6.45) is 1.96. The molecule has 1 fully saturated rings. The molecule has 2 aromatic carbocycles. The lowest BCUT2D eigenvalue weighted by Gasteiger charge is -2.09. The number of carbonyl (C=O) groups is 1. The van der Waals surface area contributed by atoms with Crippen molar-refractivity contribution in [3.63, 3.8) is 0 Å². The molecule has 0 spiro atoms. The van der Waals surface area contributed by atoms with Gasteiger partial charge in [0.1, 0.15) is 11.5 Å². The Labute approximate surface area is 131 Å². The number of nitro groups is 1. The zero-order valence-electron chi connectivity index (χ0n) is 12.1. The zero-order valence-corrected chi connectivity index (χ0v) is 12.1. The highest BCUT2D eigenvalue weighted by Gasteiger charge is 2.25. The van der Waals surface area contributed by atoms with E-state index in [2.05, 4.69) is 10.6 Å². The highest BCUT2D eigenvalue weighted by atomic mass is 19.1. The van der Waals surface area contributed by atoms with Crippen molar-refractivity contribution in [1.29, 1.82) is 0 Å². The second-order valence-corrected chi connectivity index (χ2v) is 5.34. The van der Waals surface area contributed by atoms with Gasteiger partial charge in [0.2, 0.25) is 0 Å². The van der Waals surface area contributed by atoms with Gasteiger partial charge in [-0.3, -0.25) is 14.9 Å². The molecule has 1 saturated carbocycles. The van der Waals surface area contributed by atoms with Crippen molar-refractivity contribution >= 4 is 23.0 Å². The maximum atomic E-state index is 13.6. The fourth-order valence-electron chi connectivity index (χ4n) is 2.15. The van der Waals surface area contributed by atoms with Crippen LogP contribution in [0.4, 0.5) is 21.5 Å². The summed E-state index contributed by atoms with van der Waals surface area (Å²) >= 11 is 0. The fraction of sp³-hybridized carbons (Fsp3) is 0.188. The van der Waals surface area contributed by atoms with Crippen molar-refractivity contribution in [2.45, 2.75) is 18.9 Å². The van der Waals surface area contributed by atoms with Gasteiger partial charge in [-0.1, -0.05) is 12.1 Å². The van der Waals surface area contributed by atoms with Crippen LogP contribution in [0.5, 0.6) is 0 Å². The fourth-order valence-corrected chi connectivity index (χ4v) is 2.15. The van der Waals surface area contributed by atoms with Crippen LogP contribution in [0.3, 0.4) is 0 Å². The molecule has 1 aliphatic carbocycles. The van der Waals surface area contributed by atoms with Gasteiger partial charge in [0.05, 0.1) is 10.6 Å². The van der Waals surface area contributed by atoms with Crippen LogP contribution in [0.25, 0.3) is 0 Å². The molecule has 0 bridgehead atoms. The first-order valence-corrected chi connectivity index (χ1v) is 7.15. The number of benzene rings is 2. The molecule has 0 radical (unpaired) electrons. The number of nitrogens with zero attached hydrogens (tertiary/aromatic N) is 1. The number of anilines is 2. The SMILES string of the molecule is O=C(Nc1ccccc1F)c1ccc(NC2CC2)c([N+](=O)[O-])c1. The number of rotatable bonds is 5. The van der Waals surface area contributed by atoms with Gasteiger partial charge in [0.15, 0.2) is 0 Å².